The number of benzene rings is 3. The van der Waals surface area contributed by atoms with Crippen LogP contribution in [0, 0.1) is 17.0 Å². The summed E-state index contributed by atoms with van der Waals surface area (Å²) in [6, 6.07) is 20.8. The van der Waals surface area contributed by atoms with E-state index in [1.54, 1.807) is 30.5 Å². The summed E-state index contributed by atoms with van der Waals surface area (Å²) in [5, 5.41) is 10.9. The zero-order valence-corrected chi connectivity index (χ0v) is 22.4. The smallest absolute Gasteiger partial charge is 0.269 e. The van der Waals surface area contributed by atoms with E-state index >= 15 is 0 Å². The molecule has 200 valence electrons. The van der Waals surface area contributed by atoms with Gasteiger partial charge < -0.3 is 4.90 Å². The zero-order valence-electron chi connectivity index (χ0n) is 20.7. The SMILES string of the molecule is Cc1ccc(S(=O)(=O)NCCCN2CCN(S(=O)(=O)c3ccc([N+](=O)[O-])cc3)C=C2c2ccccc2)cc1. The number of aryl methyl sites for hydroxylation is 1. The molecular formula is C26H28N4O6S2. The van der Waals surface area contributed by atoms with Crippen molar-refractivity contribution in [3.05, 3.63) is 106 Å². The molecule has 0 fully saturated rings. The van der Waals surface area contributed by atoms with Gasteiger partial charge in [-0.2, -0.15) is 0 Å². The molecule has 3 aromatic carbocycles. The molecule has 1 aliphatic rings. The third-order valence-electron chi connectivity index (χ3n) is 6.15. The zero-order chi connectivity index (χ0) is 27.3. The molecule has 0 unspecified atom stereocenters. The molecule has 12 heteroatoms. The largest absolute Gasteiger partial charge is 0.368 e. The van der Waals surface area contributed by atoms with Crippen molar-refractivity contribution in [3.63, 3.8) is 0 Å². The molecule has 3 aromatic rings. The molecule has 0 saturated carbocycles. The van der Waals surface area contributed by atoms with Crippen LogP contribution in [0.5, 0.6) is 0 Å². The molecule has 1 heterocycles. The normalized spacial score (nSPS) is 14.3. The Kier molecular flexibility index (Phi) is 8.14. The molecule has 0 aromatic heterocycles. The minimum atomic E-state index is -3.93. The third kappa shape index (κ3) is 6.21. The van der Waals surface area contributed by atoms with Gasteiger partial charge in [0.2, 0.25) is 10.0 Å². The quantitative estimate of drug-likeness (QED) is 0.230. The summed E-state index contributed by atoms with van der Waals surface area (Å²) >= 11 is 0. The van der Waals surface area contributed by atoms with Gasteiger partial charge in [-0.3, -0.25) is 14.4 Å². The van der Waals surface area contributed by atoms with Crippen LogP contribution >= 0.6 is 0 Å². The molecule has 0 amide bonds. The summed E-state index contributed by atoms with van der Waals surface area (Å²) < 4.78 is 55.6. The third-order valence-corrected chi connectivity index (χ3v) is 9.40. The Balaban J connectivity index is 1.49. The van der Waals surface area contributed by atoms with Crippen molar-refractivity contribution in [2.24, 2.45) is 0 Å². The average Bonchev–Trinajstić information content (AvgIpc) is 2.92. The molecule has 0 aliphatic carbocycles. The van der Waals surface area contributed by atoms with Gasteiger partial charge in [-0.25, -0.2) is 21.6 Å². The molecule has 0 saturated heterocycles. The summed E-state index contributed by atoms with van der Waals surface area (Å²) in [6.07, 6.45) is 2.07. The lowest BCUT2D eigenvalue weighted by atomic mass is 10.1. The van der Waals surface area contributed by atoms with Crippen LogP contribution in [0.4, 0.5) is 5.69 Å². The Morgan fingerprint density at radius 1 is 0.868 bits per heavy atom. The van der Waals surface area contributed by atoms with Gasteiger partial charge in [0.25, 0.3) is 15.7 Å². The maximum Gasteiger partial charge on any atom is 0.269 e. The fraction of sp³-hybridized carbons (Fsp3) is 0.231. The lowest BCUT2D eigenvalue weighted by molar-refractivity contribution is -0.384. The van der Waals surface area contributed by atoms with Crippen molar-refractivity contribution in [1.29, 1.82) is 0 Å². The first-order chi connectivity index (χ1) is 18.1. The maximum atomic E-state index is 13.3. The van der Waals surface area contributed by atoms with Crippen LogP contribution in [0.3, 0.4) is 0 Å². The Bertz CT molecular complexity index is 1520. The van der Waals surface area contributed by atoms with Crippen molar-refractivity contribution >= 4 is 31.4 Å². The van der Waals surface area contributed by atoms with Crippen LogP contribution in [0.2, 0.25) is 0 Å². The van der Waals surface area contributed by atoms with E-state index < -0.39 is 25.0 Å². The number of sulfonamides is 2. The Labute approximate surface area is 222 Å². The summed E-state index contributed by atoms with van der Waals surface area (Å²) in [6.45, 7) is 3.17. The monoisotopic (exact) mass is 556 g/mol. The van der Waals surface area contributed by atoms with E-state index in [1.807, 2.05) is 42.2 Å². The fourth-order valence-electron chi connectivity index (χ4n) is 4.06. The molecule has 0 atom stereocenters. The van der Waals surface area contributed by atoms with Gasteiger partial charge in [0.1, 0.15) is 0 Å². The van der Waals surface area contributed by atoms with Gasteiger partial charge >= 0.3 is 0 Å². The lowest BCUT2D eigenvalue weighted by Crippen LogP contribution is -2.41. The van der Waals surface area contributed by atoms with Gasteiger partial charge in [-0.05, 0) is 43.2 Å². The number of rotatable bonds is 10. The van der Waals surface area contributed by atoms with Gasteiger partial charge in [0, 0.05) is 38.0 Å². The Morgan fingerprint density at radius 3 is 2.13 bits per heavy atom. The topological polar surface area (TPSA) is 130 Å². The molecule has 1 N–H and O–H groups in total. The van der Waals surface area contributed by atoms with Gasteiger partial charge in [0.05, 0.1) is 27.0 Å². The molecular weight excluding hydrogens is 528 g/mol. The number of hydrogen-bond acceptors (Lipinski definition) is 7. The van der Waals surface area contributed by atoms with Crippen LogP contribution in [-0.4, -0.2) is 57.1 Å². The Hall–Kier alpha value is -3.74. The molecule has 0 radical (unpaired) electrons. The first-order valence-electron chi connectivity index (χ1n) is 11.9. The van der Waals surface area contributed by atoms with E-state index in [2.05, 4.69) is 4.72 Å². The molecule has 38 heavy (non-hydrogen) atoms. The van der Waals surface area contributed by atoms with Crippen LogP contribution in [0.25, 0.3) is 5.70 Å². The van der Waals surface area contributed by atoms with E-state index in [1.165, 1.54) is 28.6 Å². The average molecular weight is 557 g/mol. The van der Waals surface area contributed by atoms with Crippen molar-refractivity contribution < 1.29 is 21.8 Å². The van der Waals surface area contributed by atoms with Crippen LogP contribution in [-0.2, 0) is 20.0 Å². The highest BCUT2D eigenvalue weighted by Crippen LogP contribution is 2.28. The number of nitrogens with zero attached hydrogens (tertiary/aromatic N) is 3. The second kappa shape index (κ2) is 11.3. The van der Waals surface area contributed by atoms with E-state index in [4.69, 9.17) is 0 Å². The predicted octanol–water partition coefficient (Wildman–Crippen LogP) is 3.58. The molecule has 1 aliphatic heterocycles. The minimum Gasteiger partial charge on any atom is -0.368 e. The summed E-state index contributed by atoms with van der Waals surface area (Å²) in [4.78, 5) is 12.6. The van der Waals surface area contributed by atoms with E-state index in [9.17, 15) is 26.9 Å². The van der Waals surface area contributed by atoms with Crippen LogP contribution in [0.1, 0.15) is 17.5 Å². The number of nitro benzene ring substituents is 1. The number of non-ortho nitro benzene ring substituents is 1. The highest BCUT2D eigenvalue weighted by molar-refractivity contribution is 7.89. The number of nitrogens with one attached hydrogen (secondary N) is 1. The molecule has 4 rings (SSSR count). The van der Waals surface area contributed by atoms with Crippen molar-refractivity contribution in [2.45, 2.75) is 23.1 Å². The first-order valence-corrected chi connectivity index (χ1v) is 14.8. The van der Waals surface area contributed by atoms with Crippen molar-refractivity contribution in [3.8, 4) is 0 Å². The van der Waals surface area contributed by atoms with Gasteiger partial charge in [-0.1, -0.05) is 48.0 Å². The number of nitro groups is 1. The summed E-state index contributed by atoms with van der Waals surface area (Å²) in [7, 11) is -7.56. The fourth-order valence-corrected chi connectivity index (χ4v) is 6.45. The standard InChI is InChI=1S/C26H28N4O6S2/c1-21-8-12-24(13-9-21)37(33,34)27-16-5-17-28-18-19-29(20-26(28)22-6-3-2-4-7-22)38(35,36)25-14-10-23(11-15-25)30(31)32/h2-4,6-15,20,27H,5,16-19H2,1H3. The van der Waals surface area contributed by atoms with Crippen LogP contribution in [0.15, 0.2) is 94.9 Å². The summed E-state index contributed by atoms with van der Waals surface area (Å²) in [5.41, 5.74) is 2.28. The lowest BCUT2D eigenvalue weighted by Gasteiger charge is -2.36. The predicted molar refractivity (Wildman–Crippen MR) is 144 cm³/mol. The van der Waals surface area contributed by atoms with E-state index in [0.29, 0.717) is 25.2 Å². The number of hydrogen-bond donors (Lipinski definition) is 1. The van der Waals surface area contributed by atoms with Crippen LogP contribution < -0.4 is 4.72 Å². The van der Waals surface area contributed by atoms with E-state index in [0.717, 1.165) is 11.1 Å². The second-order valence-electron chi connectivity index (χ2n) is 8.80. The van der Waals surface area contributed by atoms with Crippen molar-refractivity contribution in [2.75, 3.05) is 26.2 Å². The molecule has 0 spiro atoms. The minimum absolute atomic E-state index is 0.0364. The first kappa shape index (κ1) is 27.3. The Morgan fingerprint density at radius 2 is 1.50 bits per heavy atom. The van der Waals surface area contributed by atoms with Crippen molar-refractivity contribution in [1.82, 2.24) is 13.9 Å². The molecule has 0 bridgehead atoms. The highest BCUT2D eigenvalue weighted by atomic mass is 32.2. The molecule has 10 nitrogen and oxygen atoms in total. The summed E-state index contributed by atoms with van der Waals surface area (Å²) in [5.74, 6) is 0. The maximum absolute atomic E-state index is 13.3. The highest BCUT2D eigenvalue weighted by Gasteiger charge is 2.28. The van der Waals surface area contributed by atoms with E-state index in [-0.39, 0.29) is 28.6 Å². The van der Waals surface area contributed by atoms with Gasteiger partial charge in [-0.15, -0.1) is 0 Å². The van der Waals surface area contributed by atoms with Gasteiger partial charge in [0.15, 0.2) is 0 Å². The second-order valence-corrected chi connectivity index (χ2v) is 12.5.